The van der Waals surface area contributed by atoms with Gasteiger partial charge >= 0.3 is 5.97 Å². The molecule has 0 saturated heterocycles. The number of halogens is 1. The molecule has 0 bridgehead atoms. The number of hydrogen-bond acceptors (Lipinski definition) is 4. The molecule has 1 aliphatic rings. The van der Waals surface area contributed by atoms with Gasteiger partial charge in [0.25, 0.3) is 0 Å². The average Bonchev–Trinajstić information content (AvgIpc) is 3.11. The molecule has 0 saturated carbocycles. The van der Waals surface area contributed by atoms with Crippen molar-refractivity contribution in [3.63, 3.8) is 0 Å². The molecule has 1 heterocycles. The second-order valence-electron chi connectivity index (χ2n) is 6.43. The van der Waals surface area contributed by atoms with Crippen molar-refractivity contribution in [2.24, 2.45) is 5.92 Å². The summed E-state index contributed by atoms with van der Waals surface area (Å²) in [6.07, 6.45) is 3.29. The number of benzene rings is 1. The first-order valence-corrected chi connectivity index (χ1v) is 10.2. The van der Waals surface area contributed by atoms with Crippen LogP contribution in [-0.4, -0.2) is 22.7 Å². The number of ether oxygens (including phenoxy) is 1. The van der Waals surface area contributed by atoms with Gasteiger partial charge in [-0.2, -0.15) is 0 Å². The smallest absolute Gasteiger partial charge is 0.307 e. The van der Waals surface area contributed by atoms with Crippen molar-refractivity contribution in [1.29, 1.82) is 0 Å². The Hall–Kier alpha value is -1.40. The first-order chi connectivity index (χ1) is 12.0. The van der Waals surface area contributed by atoms with E-state index in [1.807, 2.05) is 13.0 Å². The minimum atomic E-state index is -0.689. The van der Waals surface area contributed by atoms with Crippen LogP contribution in [0.5, 0.6) is 5.75 Å². The number of hydrogen-bond donors (Lipinski definition) is 1. The maximum atomic E-state index is 11.5. The summed E-state index contributed by atoms with van der Waals surface area (Å²) in [5.74, 6) is 0.000790. The molecule has 0 fully saturated rings. The quantitative estimate of drug-likeness (QED) is 0.682. The highest BCUT2D eigenvalue weighted by Crippen LogP contribution is 2.41. The summed E-state index contributed by atoms with van der Waals surface area (Å²) in [4.78, 5) is 17.1. The van der Waals surface area contributed by atoms with Gasteiger partial charge in [-0.25, -0.2) is 4.98 Å². The van der Waals surface area contributed by atoms with E-state index in [9.17, 15) is 9.90 Å². The molecule has 0 aliphatic heterocycles. The average molecular weight is 424 g/mol. The molecule has 3 rings (SSSR count). The summed E-state index contributed by atoms with van der Waals surface area (Å²) in [6.45, 7) is 4.61. The zero-order chi connectivity index (χ0) is 18.0. The summed E-state index contributed by atoms with van der Waals surface area (Å²) in [7, 11) is 0. The van der Waals surface area contributed by atoms with E-state index in [2.05, 4.69) is 40.0 Å². The molecule has 1 N–H and O–H groups in total. The van der Waals surface area contributed by atoms with Crippen LogP contribution in [-0.2, 0) is 17.6 Å². The Balaban J connectivity index is 1.64. The van der Waals surface area contributed by atoms with Crippen LogP contribution >= 0.6 is 27.3 Å². The molecule has 1 aromatic carbocycles. The number of rotatable bonds is 7. The Kier molecular flexibility index (Phi) is 5.79. The van der Waals surface area contributed by atoms with Crippen LogP contribution in [0, 0.1) is 12.8 Å². The second kappa shape index (κ2) is 7.87. The van der Waals surface area contributed by atoms with E-state index < -0.39 is 5.97 Å². The Morgan fingerprint density at radius 1 is 1.52 bits per heavy atom. The predicted molar refractivity (Wildman–Crippen MR) is 103 cm³/mol. The van der Waals surface area contributed by atoms with E-state index in [-0.39, 0.29) is 11.8 Å². The maximum absolute atomic E-state index is 11.5. The zero-order valence-electron chi connectivity index (χ0n) is 14.4. The molecule has 134 valence electrons. The Labute approximate surface area is 160 Å². The maximum Gasteiger partial charge on any atom is 0.307 e. The van der Waals surface area contributed by atoms with Crippen molar-refractivity contribution in [3.05, 3.63) is 43.8 Å². The van der Waals surface area contributed by atoms with Crippen molar-refractivity contribution in [1.82, 2.24) is 4.98 Å². The Morgan fingerprint density at radius 3 is 2.96 bits per heavy atom. The summed E-state index contributed by atoms with van der Waals surface area (Å²) < 4.78 is 6.81. The topological polar surface area (TPSA) is 59.4 Å². The third-order valence-electron chi connectivity index (χ3n) is 4.96. The van der Waals surface area contributed by atoms with E-state index in [1.165, 1.54) is 16.0 Å². The first kappa shape index (κ1) is 18.4. The predicted octanol–water partition coefficient (Wildman–Crippen LogP) is 4.98. The summed E-state index contributed by atoms with van der Waals surface area (Å²) in [5.41, 5.74) is 3.49. The largest absolute Gasteiger partial charge is 0.493 e. The fourth-order valence-electron chi connectivity index (χ4n) is 3.66. The molecular formula is C19H22BrNO3S. The normalized spacial score (nSPS) is 17.3. The van der Waals surface area contributed by atoms with Crippen LogP contribution in [0.4, 0.5) is 0 Å². The van der Waals surface area contributed by atoms with Gasteiger partial charge in [-0.05, 0) is 71.3 Å². The van der Waals surface area contributed by atoms with Crippen LogP contribution in [0.3, 0.4) is 0 Å². The van der Waals surface area contributed by atoms with Gasteiger partial charge in [-0.3, -0.25) is 4.79 Å². The molecule has 2 atom stereocenters. The summed E-state index contributed by atoms with van der Waals surface area (Å²) >= 11 is 5.05. The standard InChI is InChI=1S/C19H22BrNO3S/c1-3-14(18(22)23)16-6-4-12-10-13(5-7-15(12)16)24-9-8-17-11(2)25-19(20)21-17/h5,7,10,14,16H,3-4,6,8-9H2,1-2H3,(H,22,23)/t14?,16-/m0/s1. The first-order valence-electron chi connectivity index (χ1n) is 8.59. The van der Waals surface area contributed by atoms with Crippen LogP contribution in [0.25, 0.3) is 0 Å². The molecule has 1 unspecified atom stereocenters. The minimum Gasteiger partial charge on any atom is -0.493 e. The van der Waals surface area contributed by atoms with Gasteiger partial charge in [0.1, 0.15) is 5.75 Å². The van der Waals surface area contributed by atoms with Gasteiger partial charge in [0.05, 0.1) is 18.2 Å². The molecule has 2 aromatic rings. The fraction of sp³-hybridized carbons (Fsp3) is 0.474. The van der Waals surface area contributed by atoms with E-state index in [1.54, 1.807) is 11.3 Å². The van der Waals surface area contributed by atoms with E-state index in [0.29, 0.717) is 13.0 Å². The fourth-order valence-corrected chi connectivity index (χ4v) is 5.27. The molecule has 0 amide bonds. The van der Waals surface area contributed by atoms with Crippen LogP contribution in [0.2, 0.25) is 0 Å². The third kappa shape index (κ3) is 4.06. The van der Waals surface area contributed by atoms with Gasteiger partial charge in [0, 0.05) is 11.3 Å². The minimum absolute atomic E-state index is 0.126. The van der Waals surface area contributed by atoms with Crippen molar-refractivity contribution < 1.29 is 14.6 Å². The molecule has 0 spiro atoms. The van der Waals surface area contributed by atoms with Crippen molar-refractivity contribution in [2.45, 2.75) is 45.4 Å². The molecule has 1 aliphatic carbocycles. The van der Waals surface area contributed by atoms with Crippen LogP contribution in [0.1, 0.15) is 47.4 Å². The highest BCUT2D eigenvalue weighted by Gasteiger charge is 2.33. The van der Waals surface area contributed by atoms with Crippen LogP contribution < -0.4 is 4.74 Å². The number of nitrogens with zero attached hydrogens (tertiary/aromatic N) is 1. The SMILES string of the molecule is CCC(C(=O)O)[C@@H]1CCc2cc(OCCc3nc(Br)sc3C)ccc21. The molecule has 25 heavy (non-hydrogen) atoms. The number of aromatic nitrogens is 1. The van der Waals surface area contributed by atoms with Gasteiger partial charge < -0.3 is 9.84 Å². The van der Waals surface area contributed by atoms with Crippen molar-refractivity contribution >= 4 is 33.2 Å². The van der Waals surface area contributed by atoms with Crippen molar-refractivity contribution in [2.75, 3.05) is 6.61 Å². The van der Waals surface area contributed by atoms with E-state index >= 15 is 0 Å². The Bertz CT molecular complexity index is 774. The molecule has 6 heteroatoms. The number of thiazole rings is 1. The zero-order valence-corrected chi connectivity index (χ0v) is 16.8. The molecule has 0 radical (unpaired) electrons. The van der Waals surface area contributed by atoms with Gasteiger partial charge in [-0.15, -0.1) is 11.3 Å². The monoisotopic (exact) mass is 423 g/mol. The van der Waals surface area contributed by atoms with Gasteiger partial charge in [-0.1, -0.05) is 13.0 Å². The Morgan fingerprint density at radius 2 is 2.32 bits per heavy atom. The number of carboxylic acid groups (broad SMARTS) is 1. The lowest BCUT2D eigenvalue weighted by Crippen LogP contribution is -2.19. The third-order valence-corrected chi connectivity index (χ3v) is 6.42. The van der Waals surface area contributed by atoms with E-state index in [4.69, 9.17) is 4.74 Å². The highest BCUT2D eigenvalue weighted by atomic mass is 79.9. The second-order valence-corrected chi connectivity index (χ2v) is 8.91. The lowest BCUT2D eigenvalue weighted by atomic mass is 9.85. The number of aryl methyl sites for hydroxylation is 2. The summed E-state index contributed by atoms with van der Waals surface area (Å²) in [6, 6.07) is 6.10. The van der Waals surface area contributed by atoms with Gasteiger partial charge in [0.2, 0.25) is 0 Å². The lowest BCUT2D eigenvalue weighted by Gasteiger charge is -2.19. The lowest BCUT2D eigenvalue weighted by molar-refractivity contribution is -0.142. The number of aliphatic carboxylic acids is 1. The molecule has 4 nitrogen and oxygen atoms in total. The van der Waals surface area contributed by atoms with E-state index in [0.717, 1.165) is 34.6 Å². The van der Waals surface area contributed by atoms with Crippen molar-refractivity contribution in [3.8, 4) is 5.75 Å². The summed E-state index contributed by atoms with van der Waals surface area (Å²) in [5, 5.41) is 9.43. The van der Waals surface area contributed by atoms with Crippen LogP contribution in [0.15, 0.2) is 22.1 Å². The molecular weight excluding hydrogens is 402 g/mol. The molecule has 1 aromatic heterocycles. The number of fused-ring (bicyclic) bond motifs is 1. The van der Waals surface area contributed by atoms with Gasteiger partial charge in [0.15, 0.2) is 3.92 Å². The number of carboxylic acids is 1. The number of carbonyl (C=O) groups is 1. The highest BCUT2D eigenvalue weighted by molar-refractivity contribution is 9.11.